The second-order valence-electron chi connectivity index (χ2n) is 6.47. The van der Waals surface area contributed by atoms with Crippen molar-refractivity contribution in [1.29, 1.82) is 0 Å². The molecule has 0 radical (unpaired) electrons. The van der Waals surface area contributed by atoms with Crippen LogP contribution in [-0.4, -0.2) is 30.0 Å². The molecule has 3 nitrogen and oxygen atoms in total. The zero-order valence-corrected chi connectivity index (χ0v) is 12.9. The van der Waals surface area contributed by atoms with Gasteiger partial charge in [-0.15, -0.1) is 0 Å². The molecule has 1 atom stereocenters. The van der Waals surface area contributed by atoms with E-state index in [1.807, 2.05) is 4.90 Å². The molecule has 1 aromatic rings. The molecular formula is C18H25NO2. The molecule has 1 saturated heterocycles. The van der Waals surface area contributed by atoms with Crippen molar-refractivity contribution in [3.05, 3.63) is 35.4 Å². The Labute approximate surface area is 127 Å². The first kappa shape index (κ1) is 14.6. The van der Waals surface area contributed by atoms with Crippen molar-refractivity contribution >= 4 is 5.91 Å². The Morgan fingerprint density at radius 1 is 1.19 bits per heavy atom. The quantitative estimate of drug-likeness (QED) is 0.850. The van der Waals surface area contributed by atoms with Crippen LogP contribution in [0.4, 0.5) is 0 Å². The van der Waals surface area contributed by atoms with E-state index in [0.717, 1.165) is 38.8 Å². The molecule has 0 unspecified atom stereocenters. The summed E-state index contributed by atoms with van der Waals surface area (Å²) in [6, 6.07) is 8.48. The van der Waals surface area contributed by atoms with Gasteiger partial charge in [-0.05, 0) is 38.2 Å². The molecule has 2 fully saturated rings. The van der Waals surface area contributed by atoms with Crippen molar-refractivity contribution < 1.29 is 9.53 Å². The summed E-state index contributed by atoms with van der Waals surface area (Å²) in [5.74, 6) is 0.672. The Bertz CT molecular complexity index is 478. The first-order valence-electron chi connectivity index (χ1n) is 8.18. The Kier molecular flexibility index (Phi) is 4.59. The number of carbonyl (C=O) groups excluding carboxylic acids is 1. The van der Waals surface area contributed by atoms with Crippen molar-refractivity contribution in [2.75, 3.05) is 13.1 Å². The van der Waals surface area contributed by atoms with Crippen LogP contribution in [-0.2, 0) is 16.1 Å². The van der Waals surface area contributed by atoms with E-state index >= 15 is 0 Å². The lowest BCUT2D eigenvalue weighted by atomic mass is 9.84. The number of amides is 1. The van der Waals surface area contributed by atoms with Crippen LogP contribution in [0, 0.1) is 12.8 Å². The number of likely N-dealkylation sites (tertiary alicyclic amines) is 1. The molecule has 0 bridgehead atoms. The first-order valence-corrected chi connectivity index (χ1v) is 8.18. The average molecular weight is 287 g/mol. The number of rotatable bonds is 4. The highest BCUT2D eigenvalue weighted by Gasteiger charge is 2.32. The largest absolute Gasteiger partial charge is 0.372 e. The summed E-state index contributed by atoms with van der Waals surface area (Å²) in [5.41, 5.74) is 2.48. The number of hydrogen-bond acceptors (Lipinski definition) is 2. The lowest BCUT2D eigenvalue weighted by Crippen LogP contribution is -2.46. The van der Waals surface area contributed by atoms with Crippen molar-refractivity contribution in [1.82, 2.24) is 4.90 Å². The van der Waals surface area contributed by atoms with Crippen molar-refractivity contribution in [3.63, 3.8) is 0 Å². The molecule has 1 aliphatic heterocycles. The molecule has 1 amide bonds. The summed E-state index contributed by atoms with van der Waals surface area (Å²) in [5, 5.41) is 0. The van der Waals surface area contributed by atoms with E-state index in [4.69, 9.17) is 4.74 Å². The number of aryl methyl sites for hydroxylation is 1. The normalized spacial score (nSPS) is 22.9. The second kappa shape index (κ2) is 6.61. The molecule has 1 heterocycles. The topological polar surface area (TPSA) is 29.5 Å². The van der Waals surface area contributed by atoms with E-state index in [2.05, 4.69) is 31.2 Å². The fraction of sp³-hybridized carbons (Fsp3) is 0.611. The van der Waals surface area contributed by atoms with Gasteiger partial charge < -0.3 is 9.64 Å². The van der Waals surface area contributed by atoms with E-state index in [9.17, 15) is 4.79 Å². The summed E-state index contributed by atoms with van der Waals surface area (Å²) < 4.78 is 6.03. The van der Waals surface area contributed by atoms with Gasteiger partial charge in [-0.25, -0.2) is 0 Å². The van der Waals surface area contributed by atoms with Gasteiger partial charge in [0.25, 0.3) is 0 Å². The highest BCUT2D eigenvalue weighted by atomic mass is 16.5. The number of carbonyl (C=O) groups is 1. The predicted molar refractivity (Wildman–Crippen MR) is 82.9 cm³/mol. The van der Waals surface area contributed by atoms with Crippen molar-refractivity contribution in [2.45, 2.75) is 51.7 Å². The van der Waals surface area contributed by atoms with Crippen LogP contribution in [0.5, 0.6) is 0 Å². The number of nitrogens with zero attached hydrogens (tertiary/aromatic N) is 1. The fourth-order valence-electron chi connectivity index (χ4n) is 3.09. The number of hydrogen-bond donors (Lipinski definition) is 0. The second-order valence-corrected chi connectivity index (χ2v) is 6.47. The average Bonchev–Trinajstić information content (AvgIpc) is 2.45. The van der Waals surface area contributed by atoms with E-state index in [1.165, 1.54) is 17.5 Å². The molecule has 114 valence electrons. The molecule has 1 aliphatic carbocycles. The zero-order valence-electron chi connectivity index (χ0n) is 12.9. The lowest BCUT2D eigenvalue weighted by molar-refractivity contribution is -0.142. The summed E-state index contributed by atoms with van der Waals surface area (Å²) in [6.07, 6.45) is 5.73. The van der Waals surface area contributed by atoms with Crippen LogP contribution in [0.1, 0.15) is 43.2 Å². The van der Waals surface area contributed by atoms with Gasteiger partial charge in [0.1, 0.15) is 0 Å². The van der Waals surface area contributed by atoms with Gasteiger partial charge in [-0.2, -0.15) is 0 Å². The van der Waals surface area contributed by atoms with Gasteiger partial charge in [-0.1, -0.05) is 36.2 Å². The smallest absolute Gasteiger partial charge is 0.225 e. The maximum Gasteiger partial charge on any atom is 0.225 e. The van der Waals surface area contributed by atoms with E-state index < -0.39 is 0 Å². The minimum atomic E-state index is 0.198. The maximum atomic E-state index is 12.3. The van der Waals surface area contributed by atoms with Crippen LogP contribution in [0.15, 0.2) is 24.3 Å². The molecule has 3 rings (SSSR count). The zero-order chi connectivity index (χ0) is 14.7. The van der Waals surface area contributed by atoms with Crippen molar-refractivity contribution in [2.24, 2.45) is 5.92 Å². The summed E-state index contributed by atoms with van der Waals surface area (Å²) >= 11 is 0. The standard InChI is InChI=1S/C18H25NO2/c1-14-7-9-15(10-8-14)13-21-17-6-3-11-19(12-17)18(20)16-4-2-5-16/h7-10,16-17H,2-6,11-13H2,1H3/t17-/m1/s1. The number of piperidine rings is 1. The summed E-state index contributed by atoms with van der Waals surface area (Å²) in [4.78, 5) is 14.3. The van der Waals surface area contributed by atoms with Crippen LogP contribution >= 0.6 is 0 Å². The lowest BCUT2D eigenvalue weighted by Gasteiger charge is -2.37. The van der Waals surface area contributed by atoms with Gasteiger partial charge in [0, 0.05) is 19.0 Å². The molecule has 3 heteroatoms. The van der Waals surface area contributed by atoms with Crippen LogP contribution in [0.2, 0.25) is 0 Å². The van der Waals surface area contributed by atoms with Gasteiger partial charge in [-0.3, -0.25) is 4.79 Å². The third kappa shape index (κ3) is 3.65. The molecule has 21 heavy (non-hydrogen) atoms. The SMILES string of the molecule is Cc1ccc(CO[C@@H]2CCCN(C(=O)C3CCC3)C2)cc1. The predicted octanol–water partition coefficient (Wildman–Crippen LogP) is 3.30. The Morgan fingerprint density at radius 2 is 1.95 bits per heavy atom. The third-order valence-corrected chi connectivity index (χ3v) is 4.75. The van der Waals surface area contributed by atoms with E-state index in [-0.39, 0.29) is 6.10 Å². The first-order chi connectivity index (χ1) is 10.2. The van der Waals surface area contributed by atoms with E-state index in [1.54, 1.807) is 0 Å². The molecule has 1 aromatic carbocycles. The third-order valence-electron chi connectivity index (χ3n) is 4.75. The summed E-state index contributed by atoms with van der Waals surface area (Å²) in [6.45, 7) is 4.44. The van der Waals surface area contributed by atoms with Gasteiger partial charge >= 0.3 is 0 Å². The Morgan fingerprint density at radius 3 is 2.62 bits per heavy atom. The van der Waals surface area contributed by atoms with Crippen LogP contribution < -0.4 is 0 Å². The molecule has 0 N–H and O–H groups in total. The summed E-state index contributed by atoms with van der Waals surface area (Å²) in [7, 11) is 0. The highest BCUT2D eigenvalue weighted by Crippen LogP contribution is 2.29. The number of ether oxygens (including phenoxy) is 1. The van der Waals surface area contributed by atoms with Crippen LogP contribution in [0.25, 0.3) is 0 Å². The van der Waals surface area contributed by atoms with Crippen LogP contribution in [0.3, 0.4) is 0 Å². The molecule has 0 aromatic heterocycles. The van der Waals surface area contributed by atoms with Crippen molar-refractivity contribution in [3.8, 4) is 0 Å². The minimum Gasteiger partial charge on any atom is -0.372 e. The minimum absolute atomic E-state index is 0.198. The van der Waals surface area contributed by atoms with E-state index in [0.29, 0.717) is 18.4 Å². The maximum absolute atomic E-state index is 12.3. The molecule has 0 spiro atoms. The van der Waals surface area contributed by atoms with Gasteiger partial charge in [0.05, 0.1) is 12.7 Å². The fourth-order valence-corrected chi connectivity index (χ4v) is 3.09. The highest BCUT2D eigenvalue weighted by molar-refractivity contribution is 5.79. The van der Waals surface area contributed by atoms with Gasteiger partial charge in [0.2, 0.25) is 5.91 Å². The van der Waals surface area contributed by atoms with Gasteiger partial charge in [0.15, 0.2) is 0 Å². The Hall–Kier alpha value is -1.35. The number of benzene rings is 1. The molecular weight excluding hydrogens is 262 g/mol. The Balaban J connectivity index is 1.49. The monoisotopic (exact) mass is 287 g/mol. The molecule has 2 aliphatic rings. The molecule has 1 saturated carbocycles.